The second-order valence-corrected chi connectivity index (χ2v) is 15.9. The molecule has 4 aromatic rings. The normalized spacial score (nSPS) is 14.7. The number of fused-ring (bicyclic) bond motifs is 3. The monoisotopic (exact) mass is 576 g/mol. The Labute approximate surface area is 265 Å². The first-order valence-electron chi connectivity index (χ1n) is 16.3. The summed E-state index contributed by atoms with van der Waals surface area (Å²) < 4.78 is 0. The Morgan fingerprint density at radius 1 is 0.614 bits per heavy atom. The second kappa shape index (κ2) is 10.6. The highest BCUT2D eigenvalue weighted by atomic mass is 14.4. The molecular formula is C44H48. The molecule has 0 fully saturated rings. The van der Waals surface area contributed by atoms with E-state index in [0.717, 1.165) is 6.42 Å². The van der Waals surface area contributed by atoms with Gasteiger partial charge < -0.3 is 0 Å². The molecule has 0 nitrogen and oxygen atoms in total. The summed E-state index contributed by atoms with van der Waals surface area (Å²) in [7, 11) is 0. The molecule has 0 heterocycles. The SMILES string of the molecule is CC1=C(c2c(C(C)(C)C)c(=C(c3ccccc3)c3ccccc3)cc3c2=Cc2cc(C(C)(C)C)ccc2-3)CC=C1C(C)(C)C. The van der Waals surface area contributed by atoms with Gasteiger partial charge in [0.1, 0.15) is 0 Å². The van der Waals surface area contributed by atoms with Crippen LogP contribution in [0, 0.1) is 5.41 Å². The van der Waals surface area contributed by atoms with Gasteiger partial charge in [-0.1, -0.05) is 147 Å². The molecule has 0 radical (unpaired) electrons. The Bertz CT molecular complexity index is 1900. The van der Waals surface area contributed by atoms with Crippen molar-refractivity contribution in [3.63, 3.8) is 0 Å². The molecule has 2 aliphatic rings. The molecular weight excluding hydrogens is 528 g/mol. The first kappa shape index (κ1) is 30.1. The van der Waals surface area contributed by atoms with Crippen molar-refractivity contribution >= 4 is 17.2 Å². The van der Waals surface area contributed by atoms with Crippen LogP contribution in [0.4, 0.5) is 0 Å². The second-order valence-electron chi connectivity index (χ2n) is 15.9. The van der Waals surface area contributed by atoms with Crippen molar-refractivity contribution in [2.45, 2.75) is 86.5 Å². The molecule has 0 N–H and O–H groups in total. The number of benzene rings is 4. The lowest BCUT2D eigenvalue weighted by atomic mass is 9.75. The Kier molecular flexibility index (Phi) is 7.28. The molecule has 0 saturated carbocycles. The van der Waals surface area contributed by atoms with Crippen LogP contribution < -0.4 is 10.4 Å². The molecule has 0 saturated heterocycles. The Morgan fingerprint density at radius 2 is 1.20 bits per heavy atom. The fraction of sp³-hybridized carbons (Fsp3) is 0.318. The van der Waals surface area contributed by atoms with E-state index in [1.807, 2.05) is 0 Å². The summed E-state index contributed by atoms with van der Waals surface area (Å²) in [6.45, 7) is 23.6. The van der Waals surface area contributed by atoms with Crippen molar-refractivity contribution in [2.24, 2.45) is 5.41 Å². The fourth-order valence-electron chi connectivity index (χ4n) is 7.43. The van der Waals surface area contributed by atoms with Crippen molar-refractivity contribution in [3.05, 3.63) is 146 Å². The maximum atomic E-state index is 2.52. The van der Waals surface area contributed by atoms with Crippen LogP contribution in [0.15, 0.2) is 102 Å². The first-order valence-corrected chi connectivity index (χ1v) is 16.3. The van der Waals surface area contributed by atoms with E-state index in [-0.39, 0.29) is 16.2 Å². The van der Waals surface area contributed by atoms with Crippen molar-refractivity contribution in [2.75, 3.05) is 0 Å². The zero-order valence-electron chi connectivity index (χ0n) is 28.4. The van der Waals surface area contributed by atoms with Gasteiger partial charge in [0.15, 0.2) is 0 Å². The molecule has 44 heavy (non-hydrogen) atoms. The van der Waals surface area contributed by atoms with Gasteiger partial charge in [-0.3, -0.25) is 0 Å². The average molecular weight is 577 g/mol. The molecule has 4 aromatic carbocycles. The van der Waals surface area contributed by atoms with Gasteiger partial charge in [-0.15, -0.1) is 0 Å². The zero-order valence-corrected chi connectivity index (χ0v) is 28.4. The van der Waals surface area contributed by atoms with Crippen LogP contribution in [-0.4, -0.2) is 0 Å². The van der Waals surface area contributed by atoms with Crippen molar-refractivity contribution in [1.29, 1.82) is 0 Å². The molecule has 6 rings (SSSR count). The van der Waals surface area contributed by atoms with Crippen LogP contribution in [0.25, 0.3) is 28.3 Å². The topological polar surface area (TPSA) is 0 Å². The molecule has 0 bridgehead atoms. The van der Waals surface area contributed by atoms with Gasteiger partial charge in [0.05, 0.1) is 0 Å². The minimum atomic E-state index is -0.0918. The Hall–Kier alpha value is -3.90. The summed E-state index contributed by atoms with van der Waals surface area (Å²) in [4.78, 5) is 0. The smallest absolute Gasteiger partial charge is 0.00354 e. The Balaban J connectivity index is 1.84. The van der Waals surface area contributed by atoms with Crippen LogP contribution in [0.3, 0.4) is 0 Å². The van der Waals surface area contributed by atoms with Gasteiger partial charge in [0.2, 0.25) is 0 Å². The van der Waals surface area contributed by atoms with E-state index < -0.39 is 0 Å². The van der Waals surface area contributed by atoms with E-state index >= 15 is 0 Å². The van der Waals surface area contributed by atoms with Crippen molar-refractivity contribution < 1.29 is 0 Å². The van der Waals surface area contributed by atoms with E-state index in [4.69, 9.17) is 0 Å². The molecule has 0 aliphatic heterocycles. The third-order valence-electron chi connectivity index (χ3n) is 9.50. The maximum absolute atomic E-state index is 2.52. The highest BCUT2D eigenvalue weighted by Crippen LogP contribution is 2.44. The largest absolute Gasteiger partial charge is 0.0761 e. The highest BCUT2D eigenvalue weighted by molar-refractivity contribution is 5.92. The molecule has 0 unspecified atom stereocenters. The van der Waals surface area contributed by atoms with Crippen molar-refractivity contribution in [1.82, 2.24) is 0 Å². The lowest BCUT2D eigenvalue weighted by Crippen LogP contribution is -2.32. The van der Waals surface area contributed by atoms with E-state index in [0.29, 0.717) is 0 Å². The third-order valence-corrected chi connectivity index (χ3v) is 9.50. The minimum absolute atomic E-state index is 0.0918. The lowest BCUT2D eigenvalue weighted by molar-refractivity contribution is 0.512. The minimum Gasteiger partial charge on any atom is -0.0761 e. The maximum Gasteiger partial charge on any atom is -0.00354 e. The fourth-order valence-corrected chi connectivity index (χ4v) is 7.43. The summed E-state index contributed by atoms with van der Waals surface area (Å²) in [5.74, 6) is 0. The molecule has 224 valence electrons. The van der Waals surface area contributed by atoms with E-state index in [1.54, 1.807) is 0 Å². The summed E-state index contributed by atoms with van der Waals surface area (Å²) >= 11 is 0. The van der Waals surface area contributed by atoms with Crippen LogP contribution in [-0.2, 0) is 10.8 Å². The zero-order chi connectivity index (χ0) is 31.6. The average Bonchev–Trinajstić information content (AvgIpc) is 3.52. The number of allylic oxidation sites excluding steroid dienone is 4. The van der Waals surface area contributed by atoms with E-state index in [2.05, 4.69) is 166 Å². The van der Waals surface area contributed by atoms with Crippen LogP contribution >= 0.6 is 0 Å². The van der Waals surface area contributed by atoms with Crippen molar-refractivity contribution in [3.8, 4) is 11.1 Å². The van der Waals surface area contributed by atoms with Crippen LogP contribution in [0.2, 0.25) is 0 Å². The number of hydrogen-bond donors (Lipinski definition) is 0. The number of rotatable bonds is 3. The predicted molar refractivity (Wildman–Crippen MR) is 191 cm³/mol. The predicted octanol–water partition coefficient (Wildman–Crippen LogP) is 10.5. The van der Waals surface area contributed by atoms with E-state index in [9.17, 15) is 0 Å². The van der Waals surface area contributed by atoms with Gasteiger partial charge in [0, 0.05) is 0 Å². The van der Waals surface area contributed by atoms with Crippen LogP contribution in [0.1, 0.15) is 109 Å². The molecule has 0 heteroatoms. The summed E-state index contributed by atoms with van der Waals surface area (Å²) in [6, 6.07) is 31.7. The van der Waals surface area contributed by atoms with Gasteiger partial charge in [-0.05, 0) is 119 Å². The lowest BCUT2D eigenvalue weighted by Gasteiger charge is -2.28. The summed E-state index contributed by atoms with van der Waals surface area (Å²) in [6.07, 6.45) is 5.96. The Morgan fingerprint density at radius 3 is 1.70 bits per heavy atom. The van der Waals surface area contributed by atoms with Crippen LogP contribution in [0.5, 0.6) is 0 Å². The highest BCUT2D eigenvalue weighted by Gasteiger charge is 2.32. The molecule has 2 aliphatic carbocycles. The summed E-state index contributed by atoms with van der Waals surface area (Å²) in [5.41, 5.74) is 16.6. The van der Waals surface area contributed by atoms with E-state index in [1.165, 1.54) is 77.2 Å². The third kappa shape index (κ3) is 5.23. The molecule has 0 spiro atoms. The van der Waals surface area contributed by atoms with Gasteiger partial charge in [-0.2, -0.15) is 0 Å². The van der Waals surface area contributed by atoms with Gasteiger partial charge in [-0.25, -0.2) is 0 Å². The first-order chi connectivity index (χ1) is 20.7. The quantitative estimate of drug-likeness (QED) is 0.200. The summed E-state index contributed by atoms with van der Waals surface area (Å²) in [5, 5.41) is 2.73. The van der Waals surface area contributed by atoms with Gasteiger partial charge in [0.25, 0.3) is 0 Å². The molecule has 0 aromatic heterocycles. The molecule has 0 amide bonds. The standard InChI is InChI=1S/C44H48/c1-28-33(23-24-38(28)43(5,6)7)40-36-26-31-25-32(42(2,3)4)21-22-34(31)35(36)27-37(41(40)44(8,9)10)39(29-17-13-11-14-18-29)30-19-15-12-16-20-30/h11-22,24-27H,23H2,1-10H3. The molecule has 0 atom stereocenters. The number of hydrogen-bond acceptors (Lipinski definition) is 0. The van der Waals surface area contributed by atoms with Gasteiger partial charge >= 0.3 is 0 Å².